The lowest BCUT2D eigenvalue weighted by Gasteiger charge is -2.39. The van der Waals surface area contributed by atoms with Crippen molar-refractivity contribution in [1.29, 1.82) is 0 Å². The Morgan fingerprint density at radius 3 is 3.00 bits per heavy atom. The van der Waals surface area contributed by atoms with Gasteiger partial charge >= 0.3 is 0 Å². The Kier molecular flexibility index (Phi) is 4.61. The van der Waals surface area contributed by atoms with Gasteiger partial charge in [0.25, 0.3) is 5.56 Å². The molecule has 0 radical (unpaired) electrons. The molecule has 0 spiro atoms. The van der Waals surface area contributed by atoms with Crippen LogP contribution in [0.1, 0.15) is 12.8 Å². The fourth-order valence-electron chi connectivity index (χ4n) is 2.89. The number of halogens is 1. The molecule has 0 bridgehead atoms. The summed E-state index contributed by atoms with van der Waals surface area (Å²) in [6.45, 7) is 1.82. The first-order valence-electron chi connectivity index (χ1n) is 7.55. The van der Waals surface area contributed by atoms with Crippen LogP contribution >= 0.6 is 15.9 Å². The average Bonchev–Trinajstić information content (AvgIpc) is 2.60. The van der Waals surface area contributed by atoms with Crippen LogP contribution in [-0.4, -0.2) is 46.2 Å². The maximum absolute atomic E-state index is 12.1. The molecule has 1 unspecified atom stereocenters. The first-order valence-corrected chi connectivity index (χ1v) is 8.34. The molecule has 8 heteroatoms. The second kappa shape index (κ2) is 6.66. The molecule has 0 aromatic carbocycles. The van der Waals surface area contributed by atoms with Crippen molar-refractivity contribution in [2.45, 2.75) is 18.9 Å². The molecular formula is C15H19BrN6O. The van der Waals surface area contributed by atoms with E-state index in [1.165, 1.54) is 4.68 Å². The SMILES string of the molecule is CN(c1cnn(C)c(=O)c1Br)C1CCCN(c2cccnn2)C1. The van der Waals surface area contributed by atoms with Gasteiger partial charge in [-0.2, -0.15) is 10.2 Å². The van der Waals surface area contributed by atoms with E-state index in [-0.39, 0.29) is 11.6 Å². The number of anilines is 2. The summed E-state index contributed by atoms with van der Waals surface area (Å²) in [5, 5.41) is 12.3. The molecule has 0 saturated carbocycles. The molecule has 0 aliphatic carbocycles. The van der Waals surface area contributed by atoms with Crippen molar-refractivity contribution >= 4 is 27.4 Å². The monoisotopic (exact) mass is 378 g/mol. The first kappa shape index (κ1) is 15.9. The Morgan fingerprint density at radius 2 is 2.26 bits per heavy atom. The number of hydrogen-bond donors (Lipinski definition) is 0. The highest BCUT2D eigenvalue weighted by molar-refractivity contribution is 9.10. The van der Waals surface area contributed by atoms with Gasteiger partial charge in [-0.25, -0.2) is 4.68 Å². The van der Waals surface area contributed by atoms with Crippen LogP contribution < -0.4 is 15.4 Å². The van der Waals surface area contributed by atoms with Crippen LogP contribution in [0.2, 0.25) is 0 Å². The van der Waals surface area contributed by atoms with Gasteiger partial charge in [-0.05, 0) is 40.9 Å². The molecule has 122 valence electrons. The van der Waals surface area contributed by atoms with Crippen molar-refractivity contribution in [2.75, 3.05) is 29.9 Å². The second-order valence-corrected chi connectivity index (χ2v) is 6.50. The minimum absolute atomic E-state index is 0.129. The highest BCUT2D eigenvalue weighted by Gasteiger charge is 2.26. The number of aromatic nitrogens is 4. The summed E-state index contributed by atoms with van der Waals surface area (Å²) in [6, 6.07) is 4.17. The first-order chi connectivity index (χ1) is 11.1. The Labute approximate surface area is 143 Å². The Morgan fingerprint density at radius 1 is 1.43 bits per heavy atom. The van der Waals surface area contributed by atoms with Crippen LogP contribution in [0.25, 0.3) is 0 Å². The van der Waals surface area contributed by atoms with Crippen molar-refractivity contribution in [1.82, 2.24) is 20.0 Å². The summed E-state index contributed by atoms with van der Waals surface area (Å²) in [7, 11) is 3.65. The number of hydrogen-bond acceptors (Lipinski definition) is 6. The lowest BCUT2D eigenvalue weighted by atomic mass is 10.0. The molecule has 1 aliphatic heterocycles. The fraction of sp³-hybridized carbons (Fsp3) is 0.467. The molecule has 2 aromatic heterocycles. The van der Waals surface area contributed by atoms with Gasteiger partial charge in [0.2, 0.25) is 0 Å². The molecule has 2 aromatic rings. The number of piperidine rings is 1. The molecule has 1 atom stereocenters. The fourth-order valence-corrected chi connectivity index (χ4v) is 3.52. The average molecular weight is 379 g/mol. The third kappa shape index (κ3) is 3.21. The predicted molar refractivity (Wildman–Crippen MR) is 92.8 cm³/mol. The van der Waals surface area contributed by atoms with Crippen LogP contribution in [0, 0.1) is 0 Å². The summed E-state index contributed by atoms with van der Waals surface area (Å²) >= 11 is 3.41. The van der Waals surface area contributed by atoms with E-state index in [2.05, 4.69) is 41.0 Å². The molecule has 1 aliphatic rings. The van der Waals surface area contributed by atoms with Crippen LogP contribution in [0.5, 0.6) is 0 Å². The van der Waals surface area contributed by atoms with E-state index in [0.29, 0.717) is 4.47 Å². The van der Waals surface area contributed by atoms with Gasteiger partial charge in [-0.15, -0.1) is 5.10 Å². The second-order valence-electron chi connectivity index (χ2n) is 5.71. The van der Waals surface area contributed by atoms with Gasteiger partial charge in [0.15, 0.2) is 5.82 Å². The van der Waals surface area contributed by atoms with E-state index in [9.17, 15) is 4.79 Å². The summed E-state index contributed by atoms with van der Waals surface area (Å²) in [5.74, 6) is 0.895. The minimum Gasteiger partial charge on any atom is -0.367 e. The smallest absolute Gasteiger partial charge is 0.282 e. The zero-order valence-corrected chi connectivity index (χ0v) is 14.8. The van der Waals surface area contributed by atoms with Crippen molar-refractivity contribution in [2.24, 2.45) is 7.05 Å². The van der Waals surface area contributed by atoms with Gasteiger partial charge in [0, 0.05) is 39.4 Å². The molecule has 1 saturated heterocycles. The third-order valence-electron chi connectivity index (χ3n) is 4.27. The van der Waals surface area contributed by atoms with E-state index in [4.69, 9.17) is 0 Å². The summed E-state index contributed by atoms with van der Waals surface area (Å²) in [5.41, 5.74) is 0.690. The topological polar surface area (TPSA) is 67.2 Å². The minimum atomic E-state index is -0.129. The number of nitrogens with zero attached hydrogens (tertiary/aromatic N) is 6. The van der Waals surface area contributed by atoms with Crippen molar-refractivity contribution in [3.8, 4) is 0 Å². The molecule has 1 fully saturated rings. The Hall–Kier alpha value is -1.96. The van der Waals surface area contributed by atoms with E-state index < -0.39 is 0 Å². The quantitative estimate of drug-likeness (QED) is 0.804. The molecular weight excluding hydrogens is 360 g/mol. The molecule has 0 N–H and O–H groups in total. The predicted octanol–water partition coefficient (Wildman–Crippen LogP) is 1.44. The molecule has 3 heterocycles. The van der Waals surface area contributed by atoms with Gasteiger partial charge in [0.1, 0.15) is 4.47 Å². The molecule has 7 nitrogen and oxygen atoms in total. The highest BCUT2D eigenvalue weighted by atomic mass is 79.9. The third-order valence-corrected chi connectivity index (χ3v) is 5.01. The van der Waals surface area contributed by atoms with Gasteiger partial charge in [-0.3, -0.25) is 4.79 Å². The Balaban J connectivity index is 1.81. The Bertz CT molecular complexity index is 734. The maximum atomic E-state index is 12.1. The summed E-state index contributed by atoms with van der Waals surface area (Å²) in [6.07, 6.45) is 5.54. The largest absolute Gasteiger partial charge is 0.367 e. The van der Waals surface area contributed by atoms with Crippen LogP contribution in [0.15, 0.2) is 33.8 Å². The van der Waals surface area contributed by atoms with Crippen molar-refractivity contribution < 1.29 is 0 Å². The van der Waals surface area contributed by atoms with Crippen molar-refractivity contribution in [3.63, 3.8) is 0 Å². The number of rotatable bonds is 3. The van der Waals surface area contributed by atoms with Gasteiger partial charge in [-0.1, -0.05) is 0 Å². The van der Waals surface area contributed by atoms with E-state index in [1.807, 2.05) is 19.2 Å². The number of aryl methyl sites for hydroxylation is 1. The normalized spacial score (nSPS) is 18.0. The lowest BCUT2D eigenvalue weighted by molar-refractivity contribution is 0.483. The van der Waals surface area contributed by atoms with Crippen LogP contribution in [-0.2, 0) is 7.05 Å². The van der Waals surface area contributed by atoms with Crippen LogP contribution in [0.3, 0.4) is 0 Å². The molecule has 23 heavy (non-hydrogen) atoms. The maximum Gasteiger partial charge on any atom is 0.282 e. The number of likely N-dealkylation sites (N-methyl/N-ethyl adjacent to an activating group) is 1. The highest BCUT2D eigenvalue weighted by Crippen LogP contribution is 2.26. The van der Waals surface area contributed by atoms with E-state index >= 15 is 0 Å². The van der Waals surface area contributed by atoms with E-state index in [1.54, 1.807) is 19.4 Å². The lowest BCUT2D eigenvalue weighted by Crippen LogP contribution is -2.47. The molecule has 3 rings (SSSR count). The van der Waals surface area contributed by atoms with Crippen LogP contribution in [0.4, 0.5) is 11.5 Å². The van der Waals surface area contributed by atoms with Gasteiger partial charge in [0.05, 0.1) is 11.9 Å². The zero-order chi connectivity index (χ0) is 16.4. The van der Waals surface area contributed by atoms with Crippen molar-refractivity contribution in [3.05, 3.63) is 39.4 Å². The molecule has 0 amide bonds. The summed E-state index contributed by atoms with van der Waals surface area (Å²) < 4.78 is 1.88. The summed E-state index contributed by atoms with van der Waals surface area (Å²) in [4.78, 5) is 16.4. The van der Waals surface area contributed by atoms with Gasteiger partial charge < -0.3 is 9.80 Å². The van der Waals surface area contributed by atoms with E-state index in [0.717, 1.165) is 37.4 Å². The zero-order valence-electron chi connectivity index (χ0n) is 13.2. The standard InChI is InChI=1S/C15H19BrN6O/c1-20(12-9-18-21(2)15(23)14(12)16)11-5-4-8-22(10-11)13-6-3-7-17-19-13/h3,6-7,9,11H,4-5,8,10H2,1-2H3.